The smallest absolute Gasteiger partial charge is 0.216 e. The molecule has 1 aromatic heterocycles. The highest BCUT2D eigenvalue weighted by Gasteiger charge is 2.29. The van der Waals surface area contributed by atoms with Gasteiger partial charge in [0.2, 0.25) is 15.9 Å². The largest absolute Gasteiger partial charge is 0.473 e. The van der Waals surface area contributed by atoms with Crippen LogP contribution in [0, 0.1) is 6.92 Å². The van der Waals surface area contributed by atoms with E-state index in [1.165, 1.54) is 16.9 Å². The van der Waals surface area contributed by atoms with Crippen LogP contribution >= 0.6 is 0 Å². The van der Waals surface area contributed by atoms with Crippen LogP contribution in [-0.2, 0) is 10.0 Å². The molecule has 2 rings (SSSR count). The molecule has 0 aliphatic carbocycles. The van der Waals surface area contributed by atoms with Gasteiger partial charge in [0.25, 0.3) is 0 Å². The molecule has 1 fully saturated rings. The lowest BCUT2D eigenvalue weighted by molar-refractivity contribution is 0.206. The predicted octanol–water partition coefficient (Wildman–Crippen LogP) is 0.198. The summed E-state index contributed by atoms with van der Waals surface area (Å²) >= 11 is 0. The van der Waals surface area contributed by atoms with Gasteiger partial charge >= 0.3 is 0 Å². The van der Waals surface area contributed by atoms with Crippen LogP contribution in [-0.4, -0.2) is 48.1 Å². The van der Waals surface area contributed by atoms with Crippen LogP contribution in [0.1, 0.15) is 12.1 Å². The fraction of sp³-hybridized carbons (Fsp3) is 0.600. The Kier molecular flexibility index (Phi) is 3.30. The maximum Gasteiger partial charge on any atom is 0.216 e. The van der Waals surface area contributed by atoms with Crippen LogP contribution in [0.15, 0.2) is 12.4 Å². The molecule has 6 nitrogen and oxygen atoms in total. The van der Waals surface area contributed by atoms with E-state index in [1.807, 2.05) is 6.92 Å². The number of aryl methyl sites for hydroxylation is 1. The van der Waals surface area contributed by atoms with E-state index in [-0.39, 0.29) is 6.10 Å². The topological polar surface area (TPSA) is 72.4 Å². The van der Waals surface area contributed by atoms with Crippen LogP contribution in [0.5, 0.6) is 5.88 Å². The molecule has 0 amide bonds. The van der Waals surface area contributed by atoms with Crippen LogP contribution in [0.3, 0.4) is 0 Å². The number of aromatic nitrogens is 2. The molecular formula is C10H15N3O3S. The van der Waals surface area contributed by atoms with E-state index in [0.717, 1.165) is 5.69 Å². The van der Waals surface area contributed by atoms with Gasteiger partial charge in [0.05, 0.1) is 12.8 Å². The van der Waals surface area contributed by atoms with Gasteiger partial charge in [-0.25, -0.2) is 18.4 Å². The molecule has 0 spiro atoms. The van der Waals surface area contributed by atoms with Gasteiger partial charge in [-0.2, -0.15) is 4.31 Å². The summed E-state index contributed by atoms with van der Waals surface area (Å²) in [5.41, 5.74) is 0.827. The highest BCUT2D eigenvalue weighted by molar-refractivity contribution is 7.88. The molecule has 0 bridgehead atoms. The Bertz CT molecular complexity index is 503. The zero-order valence-electron chi connectivity index (χ0n) is 9.83. The van der Waals surface area contributed by atoms with Crippen molar-refractivity contribution in [2.45, 2.75) is 19.4 Å². The van der Waals surface area contributed by atoms with E-state index in [1.54, 1.807) is 6.07 Å². The molecule has 1 aliphatic rings. The zero-order valence-corrected chi connectivity index (χ0v) is 10.6. The summed E-state index contributed by atoms with van der Waals surface area (Å²) in [6.07, 6.45) is 3.22. The van der Waals surface area contributed by atoms with Gasteiger partial charge < -0.3 is 4.74 Å². The van der Waals surface area contributed by atoms with Crippen LogP contribution < -0.4 is 4.74 Å². The molecule has 0 N–H and O–H groups in total. The third-order valence-corrected chi connectivity index (χ3v) is 3.91. The minimum atomic E-state index is -3.12. The minimum absolute atomic E-state index is 0.126. The lowest BCUT2D eigenvalue weighted by Crippen LogP contribution is -2.30. The first-order chi connectivity index (χ1) is 7.95. The standard InChI is InChI=1S/C10H15N3O3S/c1-8-5-10(12-7-11-8)16-9-3-4-13(6-9)17(2,14)15/h5,7,9H,3-4,6H2,1-2H3. The molecule has 0 saturated carbocycles. The molecule has 1 unspecified atom stereocenters. The second-order valence-corrected chi connectivity index (χ2v) is 6.13. The highest BCUT2D eigenvalue weighted by atomic mass is 32.2. The van der Waals surface area contributed by atoms with Crippen molar-refractivity contribution in [3.05, 3.63) is 18.1 Å². The Morgan fingerprint density at radius 3 is 2.82 bits per heavy atom. The third-order valence-electron chi connectivity index (χ3n) is 2.64. The average Bonchev–Trinajstić information content (AvgIpc) is 2.65. The van der Waals surface area contributed by atoms with Crippen LogP contribution in [0.2, 0.25) is 0 Å². The Morgan fingerprint density at radius 1 is 1.47 bits per heavy atom. The number of hydrogen-bond acceptors (Lipinski definition) is 5. The van der Waals surface area contributed by atoms with Crippen molar-refractivity contribution in [1.29, 1.82) is 0 Å². The molecule has 7 heteroatoms. The normalized spacial score (nSPS) is 21.6. The van der Waals surface area contributed by atoms with Gasteiger partial charge in [0, 0.05) is 18.3 Å². The molecule has 94 valence electrons. The van der Waals surface area contributed by atoms with Crippen LogP contribution in [0.4, 0.5) is 0 Å². The summed E-state index contributed by atoms with van der Waals surface area (Å²) in [4.78, 5) is 7.96. The van der Waals surface area contributed by atoms with E-state index < -0.39 is 10.0 Å². The fourth-order valence-corrected chi connectivity index (χ4v) is 2.63. The van der Waals surface area contributed by atoms with E-state index in [9.17, 15) is 8.42 Å². The van der Waals surface area contributed by atoms with Gasteiger partial charge in [-0.05, 0) is 13.3 Å². The van der Waals surface area contributed by atoms with Crippen molar-refractivity contribution in [3.8, 4) is 5.88 Å². The third kappa shape index (κ3) is 3.13. The number of nitrogens with zero attached hydrogens (tertiary/aromatic N) is 3. The lowest BCUT2D eigenvalue weighted by Gasteiger charge is -2.14. The van der Waals surface area contributed by atoms with Crippen molar-refractivity contribution in [2.24, 2.45) is 0 Å². The molecule has 1 atom stereocenters. The molecule has 0 radical (unpaired) electrons. The van der Waals surface area contributed by atoms with Crippen molar-refractivity contribution >= 4 is 10.0 Å². The maximum atomic E-state index is 11.3. The Morgan fingerprint density at radius 2 is 2.24 bits per heavy atom. The molecule has 1 aliphatic heterocycles. The number of ether oxygens (including phenoxy) is 1. The highest BCUT2D eigenvalue weighted by Crippen LogP contribution is 2.18. The van der Waals surface area contributed by atoms with Gasteiger partial charge in [-0.1, -0.05) is 0 Å². The van der Waals surface area contributed by atoms with Gasteiger partial charge in [0.15, 0.2) is 0 Å². The summed E-state index contributed by atoms with van der Waals surface area (Å²) in [6, 6.07) is 1.74. The van der Waals surface area contributed by atoms with E-state index >= 15 is 0 Å². The Hall–Kier alpha value is -1.21. The van der Waals surface area contributed by atoms with E-state index in [4.69, 9.17) is 4.74 Å². The Balaban J connectivity index is 1.99. The molecule has 0 aromatic carbocycles. The molecule has 1 aromatic rings. The zero-order chi connectivity index (χ0) is 12.5. The van der Waals surface area contributed by atoms with Crippen LogP contribution in [0.25, 0.3) is 0 Å². The second kappa shape index (κ2) is 4.58. The monoisotopic (exact) mass is 257 g/mol. The predicted molar refractivity (Wildman–Crippen MR) is 62.2 cm³/mol. The maximum absolute atomic E-state index is 11.3. The van der Waals surface area contributed by atoms with Crippen molar-refractivity contribution in [2.75, 3.05) is 19.3 Å². The van der Waals surface area contributed by atoms with Gasteiger partial charge in [0.1, 0.15) is 12.4 Å². The molecule has 17 heavy (non-hydrogen) atoms. The van der Waals surface area contributed by atoms with Gasteiger partial charge in [-0.3, -0.25) is 0 Å². The van der Waals surface area contributed by atoms with Crippen molar-refractivity contribution in [3.63, 3.8) is 0 Å². The summed E-state index contributed by atoms with van der Waals surface area (Å²) in [6.45, 7) is 2.75. The number of rotatable bonds is 3. The minimum Gasteiger partial charge on any atom is -0.473 e. The first kappa shape index (κ1) is 12.3. The quantitative estimate of drug-likeness (QED) is 0.773. The number of hydrogen-bond donors (Lipinski definition) is 0. The lowest BCUT2D eigenvalue weighted by atomic mass is 10.3. The molecule has 2 heterocycles. The molecular weight excluding hydrogens is 242 g/mol. The first-order valence-corrected chi connectivity index (χ1v) is 7.20. The van der Waals surface area contributed by atoms with Gasteiger partial charge in [-0.15, -0.1) is 0 Å². The van der Waals surface area contributed by atoms with Crippen molar-refractivity contribution < 1.29 is 13.2 Å². The SMILES string of the molecule is Cc1cc(OC2CCN(S(C)(=O)=O)C2)ncn1. The van der Waals surface area contributed by atoms with E-state index in [2.05, 4.69) is 9.97 Å². The second-order valence-electron chi connectivity index (χ2n) is 4.15. The van der Waals surface area contributed by atoms with E-state index in [0.29, 0.717) is 25.4 Å². The summed E-state index contributed by atoms with van der Waals surface area (Å²) in [5, 5.41) is 0. The summed E-state index contributed by atoms with van der Waals surface area (Å²) < 4.78 is 29.7. The number of sulfonamides is 1. The average molecular weight is 257 g/mol. The fourth-order valence-electron chi connectivity index (χ4n) is 1.76. The Labute approximate surface area is 101 Å². The molecule has 1 saturated heterocycles. The first-order valence-electron chi connectivity index (χ1n) is 5.35. The van der Waals surface area contributed by atoms with Crippen molar-refractivity contribution in [1.82, 2.24) is 14.3 Å². The summed E-state index contributed by atoms with van der Waals surface area (Å²) in [5.74, 6) is 0.498. The summed E-state index contributed by atoms with van der Waals surface area (Å²) in [7, 11) is -3.12.